The normalized spacial score (nSPS) is 12.8. The van der Waals surface area contributed by atoms with Crippen LogP contribution in [0.1, 0.15) is 28.1 Å². The van der Waals surface area contributed by atoms with E-state index in [0.29, 0.717) is 25.4 Å². The van der Waals surface area contributed by atoms with Gasteiger partial charge in [-0.3, -0.25) is 9.79 Å². The van der Waals surface area contributed by atoms with Gasteiger partial charge in [-0.1, -0.05) is 6.07 Å². The first kappa shape index (κ1) is 19.6. The average molecular weight is 386 g/mol. The number of ether oxygens (including phenoxy) is 2. The van der Waals surface area contributed by atoms with Crippen molar-refractivity contribution in [3.05, 3.63) is 47.4 Å². The smallest absolute Gasteiger partial charge is 0.287 e. The highest BCUT2D eigenvalue weighted by molar-refractivity contribution is 5.92. The molecule has 0 radical (unpaired) electrons. The van der Waals surface area contributed by atoms with Crippen molar-refractivity contribution >= 4 is 11.9 Å². The number of aryl methyl sites for hydroxylation is 1. The van der Waals surface area contributed by atoms with E-state index in [9.17, 15) is 4.79 Å². The second-order valence-corrected chi connectivity index (χ2v) is 6.56. The molecular weight excluding hydrogens is 360 g/mol. The summed E-state index contributed by atoms with van der Waals surface area (Å²) >= 11 is 0. The minimum atomic E-state index is -0.188. The van der Waals surface area contributed by atoms with E-state index in [1.54, 1.807) is 13.1 Å². The lowest BCUT2D eigenvalue weighted by Gasteiger charge is -2.22. The van der Waals surface area contributed by atoms with E-state index < -0.39 is 0 Å². The monoisotopic (exact) mass is 386 g/mol. The Bertz CT molecular complexity index is 846. The number of benzene rings is 1. The van der Waals surface area contributed by atoms with Gasteiger partial charge < -0.3 is 29.4 Å². The van der Waals surface area contributed by atoms with Crippen LogP contribution in [0, 0.1) is 6.92 Å². The molecule has 28 heavy (non-hydrogen) atoms. The molecule has 0 aliphatic carbocycles. The number of hydrogen-bond donors (Lipinski definition) is 2. The number of nitrogens with one attached hydrogen (secondary N) is 2. The van der Waals surface area contributed by atoms with Crippen molar-refractivity contribution in [1.29, 1.82) is 0 Å². The molecule has 0 spiro atoms. The molecule has 2 heterocycles. The van der Waals surface area contributed by atoms with Crippen LogP contribution >= 0.6 is 0 Å². The van der Waals surface area contributed by atoms with Gasteiger partial charge in [-0.05, 0) is 37.1 Å². The maximum absolute atomic E-state index is 12.0. The van der Waals surface area contributed by atoms with Crippen LogP contribution in [0.3, 0.4) is 0 Å². The topological polar surface area (TPSA) is 88.3 Å². The lowest BCUT2D eigenvalue weighted by atomic mass is 10.2. The van der Waals surface area contributed by atoms with E-state index in [-0.39, 0.29) is 12.7 Å². The molecule has 1 aromatic carbocycles. The van der Waals surface area contributed by atoms with E-state index in [1.165, 1.54) is 6.26 Å². The lowest BCUT2D eigenvalue weighted by molar-refractivity contribution is 0.0925. The largest absolute Gasteiger partial charge is 0.459 e. The molecule has 0 saturated heterocycles. The van der Waals surface area contributed by atoms with E-state index in [2.05, 4.69) is 15.6 Å². The molecule has 0 atom stereocenters. The Morgan fingerprint density at radius 2 is 1.96 bits per heavy atom. The first-order chi connectivity index (χ1) is 13.6. The van der Waals surface area contributed by atoms with Gasteiger partial charge in [-0.25, -0.2) is 0 Å². The summed E-state index contributed by atoms with van der Waals surface area (Å²) in [6, 6.07) is 7.70. The SMILES string of the molecule is CN=C(NCCCNC(=O)c1occc1C)N(C)Cc1ccc2c(c1)OCO2. The molecule has 0 fully saturated rings. The molecule has 1 amide bonds. The van der Waals surface area contributed by atoms with Crippen LogP contribution in [0.4, 0.5) is 0 Å². The van der Waals surface area contributed by atoms with Gasteiger partial charge in [0.1, 0.15) is 0 Å². The Kier molecular flexibility index (Phi) is 6.41. The first-order valence-electron chi connectivity index (χ1n) is 9.21. The summed E-state index contributed by atoms with van der Waals surface area (Å²) < 4.78 is 16.0. The summed E-state index contributed by atoms with van der Waals surface area (Å²) in [6.45, 7) is 4.04. The summed E-state index contributed by atoms with van der Waals surface area (Å²) in [5.74, 6) is 2.52. The number of guanidine groups is 1. The highest BCUT2D eigenvalue weighted by Crippen LogP contribution is 2.32. The second-order valence-electron chi connectivity index (χ2n) is 6.56. The van der Waals surface area contributed by atoms with Gasteiger partial charge in [0.25, 0.3) is 5.91 Å². The number of rotatable bonds is 7. The van der Waals surface area contributed by atoms with Crippen molar-refractivity contribution < 1.29 is 18.7 Å². The van der Waals surface area contributed by atoms with Gasteiger partial charge in [-0.2, -0.15) is 0 Å². The average Bonchev–Trinajstić information content (AvgIpc) is 3.32. The summed E-state index contributed by atoms with van der Waals surface area (Å²) in [6.07, 6.45) is 2.29. The minimum Gasteiger partial charge on any atom is -0.459 e. The molecule has 1 aliphatic heterocycles. The van der Waals surface area contributed by atoms with Crippen LogP contribution in [-0.2, 0) is 6.54 Å². The van der Waals surface area contributed by atoms with Crippen molar-refractivity contribution in [2.24, 2.45) is 4.99 Å². The van der Waals surface area contributed by atoms with E-state index in [4.69, 9.17) is 13.9 Å². The number of carbonyl (C=O) groups excluding carboxylic acids is 1. The third-order valence-electron chi connectivity index (χ3n) is 4.42. The summed E-state index contributed by atoms with van der Waals surface area (Å²) in [7, 11) is 3.72. The van der Waals surface area contributed by atoms with Crippen LogP contribution < -0.4 is 20.1 Å². The molecule has 2 N–H and O–H groups in total. The zero-order valence-corrected chi connectivity index (χ0v) is 16.4. The number of amides is 1. The Morgan fingerprint density at radius 1 is 1.18 bits per heavy atom. The molecule has 1 aliphatic rings. The third-order valence-corrected chi connectivity index (χ3v) is 4.42. The van der Waals surface area contributed by atoms with E-state index in [0.717, 1.165) is 35.0 Å². The number of aliphatic imine (C=N–C) groups is 1. The summed E-state index contributed by atoms with van der Waals surface area (Å²) in [5, 5.41) is 6.17. The maximum atomic E-state index is 12.0. The van der Waals surface area contributed by atoms with Crippen molar-refractivity contribution in [2.45, 2.75) is 19.9 Å². The predicted octanol–water partition coefficient (Wildman–Crippen LogP) is 2.14. The Hall–Kier alpha value is -3.16. The van der Waals surface area contributed by atoms with Gasteiger partial charge >= 0.3 is 0 Å². The number of hydrogen-bond acceptors (Lipinski definition) is 5. The molecule has 0 bridgehead atoms. The highest BCUT2D eigenvalue weighted by atomic mass is 16.7. The Balaban J connectivity index is 1.40. The van der Waals surface area contributed by atoms with Crippen LogP contribution in [0.25, 0.3) is 0 Å². The molecule has 8 heteroatoms. The number of carbonyl (C=O) groups is 1. The van der Waals surface area contributed by atoms with Crippen molar-refractivity contribution in [2.75, 3.05) is 34.0 Å². The number of nitrogens with zero attached hydrogens (tertiary/aromatic N) is 2. The predicted molar refractivity (Wildman–Crippen MR) is 106 cm³/mol. The van der Waals surface area contributed by atoms with Gasteiger partial charge in [0.05, 0.1) is 6.26 Å². The van der Waals surface area contributed by atoms with E-state index >= 15 is 0 Å². The Morgan fingerprint density at radius 3 is 2.71 bits per heavy atom. The molecular formula is C20H26N4O4. The molecule has 8 nitrogen and oxygen atoms in total. The van der Waals surface area contributed by atoms with Crippen LogP contribution in [0.15, 0.2) is 39.9 Å². The fourth-order valence-corrected chi connectivity index (χ4v) is 2.95. The summed E-state index contributed by atoms with van der Waals surface area (Å²) in [4.78, 5) is 18.3. The van der Waals surface area contributed by atoms with Crippen LogP contribution in [0.2, 0.25) is 0 Å². The van der Waals surface area contributed by atoms with Gasteiger partial charge in [0, 0.05) is 39.3 Å². The fraction of sp³-hybridized carbons (Fsp3) is 0.400. The highest BCUT2D eigenvalue weighted by Gasteiger charge is 2.15. The molecule has 150 valence electrons. The zero-order valence-electron chi connectivity index (χ0n) is 16.4. The number of fused-ring (bicyclic) bond motifs is 1. The third kappa shape index (κ3) is 4.76. The molecule has 0 unspecified atom stereocenters. The zero-order chi connectivity index (χ0) is 19.9. The second kappa shape index (κ2) is 9.16. The molecule has 0 saturated carbocycles. The van der Waals surface area contributed by atoms with Crippen LogP contribution in [0.5, 0.6) is 11.5 Å². The van der Waals surface area contributed by atoms with Crippen molar-refractivity contribution in [3.8, 4) is 11.5 Å². The van der Waals surface area contributed by atoms with Gasteiger partial charge in [0.2, 0.25) is 6.79 Å². The van der Waals surface area contributed by atoms with Crippen molar-refractivity contribution in [1.82, 2.24) is 15.5 Å². The maximum Gasteiger partial charge on any atom is 0.287 e. The minimum absolute atomic E-state index is 0.188. The Labute approximate surface area is 164 Å². The number of furan rings is 1. The van der Waals surface area contributed by atoms with E-state index in [1.807, 2.05) is 37.1 Å². The van der Waals surface area contributed by atoms with Gasteiger partial charge in [0.15, 0.2) is 23.2 Å². The van der Waals surface area contributed by atoms with Gasteiger partial charge in [-0.15, -0.1) is 0 Å². The lowest BCUT2D eigenvalue weighted by Crippen LogP contribution is -2.39. The molecule has 1 aromatic heterocycles. The quantitative estimate of drug-likeness (QED) is 0.431. The fourth-order valence-electron chi connectivity index (χ4n) is 2.95. The standard InChI is InChI=1S/C20H26N4O4/c1-14-7-10-26-18(14)19(25)22-8-4-9-23-20(21-2)24(3)12-15-5-6-16-17(11-15)28-13-27-16/h5-7,10-11H,4,8-9,12-13H2,1-3H3,(H,21,23)(H,22,25). The summed E-state index contributed by atoms with van der Waals surface area (Å²) in [5.41, 5.74) is 1.94. The molecule has 3 rings (SSSR count). The molecule has 2 aromatic rings. The van der Waals surface area contributed by atoms with Crippen molar-refractivity contribution in [3.63, 3.8) is 0 Å². The van der Waals surface area contributed by atoms with Crippen LogP contribution in [-0.4, -0.2) is 50.7 Å². The first-order valence-corrected chi connectivity index (χ1v) is 9.21.